The van der Waals surface area contributed by atoms with E-state index in [-0.39, 0.29) is 17.0 Å². The molecule has 32 heavy (non-hydrogen) atoms. The Balaban J connectivity index is 1.69. The molecular weight excluding hydrogens is 407 g/mol. The summed E-state index contributed by atoms with van der Waals surface area (Å²) in [6.07, 6.45) is 0. The zero-order chi connectivity index (χ0) is 22.7. The second-order valence-electron chi connectivity index (χ2n) is 7.40. The van der Waals surface area contributed by atoms with Gasteiger partial charge in [-0.2, -0.15) is 0 Å². The molecule has 3 N–H and O–H groups in total. The molecule has 0 bridgehead atoms. The average molecular weight is 428 g/mol. The highest BCUT2D eigenvalue weighted by molar-refractivity contribution is 5.95. The highest BCUT2D eigenvalue weighted by Gasteiger charge is 2.15. The van der Waals surface area contributed by atoms with E-state index in [4.69, 9.17) is 10.5 Å². The lowest BCUT2D eigenvalue weighted by Crippen LogP contribution is -2.01. The van der Waals surface area contributed by atoms with Crippen molar-refractivity contribution in [2.24, 2.45) is 5.73 Å². The van der Waals surface area contributed by atoms with E-state index in [2.05, 4.69) is 11.1 Å². The van der Waals surface area contributed by atoms with E-state index in [1.807, 2.05) is 43.3 Å². The van der Waals surface area contributed by atoms with Gasteiger partial charge in [0.15, 0.2) is 0 Å². The maximum atomic E-state index is 13.8. The summed E-state index contributed by atoms with van der Waals surface area (Å²) in [4.78, 5) is 16.0. The molecule has 1 aromatic heterocycles. The van der Waals surface area contributed by atoms with Crippen LogP contribution in [0.15, 0.2) is 78.9 Å². The van der Waals surface area contributed by atoms with E-state index in [1.165, 1.54) is 6.07 Å². The van der Waals surface area contributed by atoms with Crippen molar-refractivity contribution >= 4 is 5.97 Å². The zero-order valence-electron chi connectivity index (χ0n) is 17.4. The standard InChI is InChI=1S/C26H21FN2O3/c1-16-10-19(18-5-2-4-17(12-18)15-28)13-21(11-16)32-25-7-3-6-24(29-25)23-14-20(27)8-9-22(23)26(30)31/h2-14H,15,28H2,1H3,(H,30,31). The van der Waals surface area contributed by atoms with Crippen LogP contribution in [0.4, 0.5) is 4.39 Å². The molecule has 0 aliphatic heterocycles. The maximum absolute atomic E-state index is 13.8. The first-order valence-corrected chi connectivity index (χ1v) is 10.0. The van der Waals surface area contributed by atoms with Crippen LogP contribution in [0.25, 0.3) is 22.4 Å². The highest BCUT2D eigenvalue weighted by Crippen LogP contribution is 2.31. The maximum Gasteiger partial charge on any atom is 0.336 e. The molecule has 0 aliphatic carbocycles. The molecule has 0 aliphatic rings. The van der Waals surface area contributed by atoms with Gasteiger partial charge in [0, 0.05) is 18.2 Å². The molecule has 5 nitrogen and oxygen atoms in total. The van der Waals surface area contributed by atoms with Crippen LogP contribution >= 0.6 is 0 Å². The average Bonchev–Trinajstić information content (AvgIpc) is 2.78. The number of ether oxygens (including phenoxy) is 1. The number of carboxylic acid groups (broad SMARTS) is 1. The number of hydrogen-bond donors (Lipinski definition) is 2. The fourth-order valence-corrected chi connectivity index (χ4v) is 3.51. The van der Waals surface area contributed by atoms with Crippen LogP contribution in [0.5, 0.6) is 11.6 Å². The van der Waals surface area contributed by atoms with Crippen LogP contribution in [0.2, 0.25) is 0 Å². The number of nitrogens with zero attached hydrogens (tertiary/aromatic N) is 1. The molecule has 0 spiro atoms. The summed E-state index contributed by atoms with van der Waals surface area (Å²) in [6, 6.07) is 22.3. The summed E-state index contributed by atoms with van der Waals surface area (Å²) in [7, 11) is 0. The molecule has 0 atom stereocenters. The Morgan fingerprint density at radius 2 is 1.81 bits per heavy atom. The molecule has 0 saturated carbocycles. The van der Waals surface area contributed by atoms with Crippen molar-refractivity contribution in [3.63, 3.8) is 0 Å². The molecule has 3 aromatic carbocycles. The van der Waals surface area contributed by atoms with E-state index in [0.29, 0.717) is 18.0 Å². The van der Waals surface area contributed by atoms with Gasteiger partial charge in [-0.3, -0.25) is 0 Å². The molecule has 4 aromatic rings. The number of pyridine rings is 1. The minimum Gasteiger partial charge on any atom is -0.478 e. The first kappa shape index (κ1) is 21.2. The van der Waals surface area contributed by atoms with Crippen LogP contribution in [0.1, 0.15) is 21.5 Å². The second kappa shape index (κ2) is 8.99. The highest BCUT2D eigenvalue weighted by atomic mass is 19.1. The number of aromatic carboxylic acids is 1. The lowest BCUT2D eigenvalue weighted by Gasteiger charge is -2.11. The van der Waals surface area contributed by atoms with E-state index >= 15 is 0 Å². The summed E-state index contributed by atoms with van der Waals surface area (Å²) >= 11 is 0. The quantitative estimate of drug-likeness (QED) is 0.405. The summed E-state index contributed by atoms with van der Waals surface area (Å²) in [5.74, 6) is -0.840. The minimum atomic E-state index is -1.16. The van der Waals surface area contributed by atoms with Gasteiger partial charge in [-0.05, 0) is 71.6 Å². The van der Waals surface area contributed by atoms with Crippen molar-refractivity contribution in [3.8, 4) is 34.0 Å². The van der Waals surface area contributed by atoms with E-state index in [1.54, 1.807) is 18.2 Å². The minimum absolute atomic E-state index is 0.0336. The van der Waals surface area contributed by atoms with Gasteiger partial charge in [-0.1, -0.05) is 30.3 Å². The normalized spacial score (nSPS) is 10.7. The van der Waals surface area contributed by atoms with Crippen molar-refractivity contribution in [2.45, 2.75) is 13.5 Å². The molecule has 6 heteroatoms. The largest absolute Gasteiger partial charge is 0.478 e. The molecular formula is C26H21FN2O3. The van der Waals surface area contributed by atoms with E-state index in [0.717, 1.165) is 34.4 Å². The molecule has 4 rings (SSSR count). The topological polar surface area (TPSA) is 85.4 Å². The van der Waals surface area contributed by atoms with Crippen LogP contribution in [0, 0.1) is 12.7 Å². The van der Waals surface area contributed by atoms with Gasteiger partial charge in [-0.15, -0.1) is 0 Å². The zero-order valence-corrected chi connectivity index (χ0v) is 17.4. The smallest absolute Gasteiger partial charge is 0.336 e. The summed E-state index contributed by atoms with van der Waals surface area (Å²) in [6.45, 7) is 2.43. The Morgan fingerprint density at radius 1 is 1.00 bits per heavy atom. The van der Waals surface area contributed by atoms with E-state index in [9.17, 15) is 14.3 Å². The van der Waals surface area contributed by atoms with Gasteiger partial charge in [-0.25, -0.2) is 14.2 Å². The fraction of sp³-hybridized carbons (Fsp3) is 0.0769. The molecule has 0 amide bonds. The Kier molecular flexibility index (Phi) is 5.96. The third-order valence-electron chi connectivity index (χ3n) is 4.98. The third kappa shape index (κ3) is 4.66. The predicted molar refractivity (Wildman–Crippen MR) is 121 cm³/mol. The Hall–Kier alpha value is -4.03. The number of carbonyl (C=O) groups is 1. The predicted octanol–water partition coefficient (Wildman–Crippen LogP) is 5.81. The van der Waals surface area contributed by atoms with Crippen molar-refractivity contribution < 1.29 is 19.0 Å². The Labute approximate surface area is 184 Å². The molecule has 160 valence electrons. The summed E-state index contributed by atoms with van der Waals surface area (Å²) < 4.78 is 19.8. The first-order valence-electron chi connectivity index (χ1n) is 10.0. The van der Waals surface area contributed by atoms with Gasteiger partial charge in [0.05, 0.1) is 11.3 Å². The number of benzene rings is 3. The first-order chi connectivity index (χ1) is 15.4. The van der Waals surface area contributed by atoms with Crippen molar-refractivity contribution in [1.82, 2.24) is 4.98 Å². The van der Waals surface area contributed by atoms with E-state index < -0.39 is 11.8 Å². The lowest BCUT2D eigenvalue weighted by molar-refractivity contribution is 0.0697. The number of carboxylic acids is 1. The van der Waals surface area contributed by atoms with Crippen molar-refractivity contribution in [3.05, 3.63) is 101 Å². The van der Waals surface area contributed by atoms with Gasteiger partial charge >= 0.3 is 5.97 Å². The van der Waals surface area contributed by atoms with Crippen LogP contribution in [-0.4, -0.2) is 16.1 Å². The van der Waals surface area contributed by atoms with Gasteiger partial charge < -0.3 is 15.6 Å². The molecule has 0 unspecified atom stereocenters. The number of nitrogens with two attached hydrogens (primary N) is 1. The number of hydrogen-bond acceptors (Lipinski definition) is 4. The lowest BCUT2D eigenvalue weighted by atomic mass is 10.0. The number of halogens is 1. The summed E-state index contributed by atoms with van der Waals surface area (Å²) in [5, 5.41) is 9.44. The Bertz CT molecular complexity index is 1300. The fourth-order valence-electron chi connectivity index (χ4n) is 3.51. The monoisotopic (exact) mass is 428 g/mol. The SMILES string of the molecule is Cc1cc(Oc2cccc(-c3cc(F)ccc3C(=O)O)n2)cc(-c2cccc(CN)c2)c1. The molecule has 0 radical (unpaired) electrons. The van der Waals surface area contributed by atoms with Crippen LogP contribution < -0.4 is 10.5 Å². The van der Waals surface area contributed by atoms with Gasteiger partial charge in [0.2, 0.25) is 5.88 Å². The molecule has 0 fully saturated rings. The van der Waals surface area contributed by atoms with Crippen molar-refractivity contribution in [2.75, 3.05) is 0 Å². The van der Waals surface area contributed by atoms with Crippen LogP contribution in [0.3, 0.4) is 0 Å². The number of aromatic nitrogens is 1. The van der Waals surface area contributed by atoms with Crippen LogP contribution in [-0.2, 0) is 6.54 Å². The molecule has 0 saturated heterocycles. The summed E-state index contributed by atoms with van der Waals surface area (Å²) in [5.41, 5.74) is 10.3. The second-order valence-corrected chi connectivity index (χ2v) is 7.40. The van der Waals surface area contributed by atoms with Crippen molar-refractivity contribution in [1.29, 1.82) is 0 Å². The number of rotatable bonds is 6. The Morgan fingerprint density at radius 3 is 2.59 bits per heavy atom. The van der Waals surface area contributed by atoms with Gasteiger partial charge in [0.25, 0.3) is 0 Å². The van der Waals surface area contributed by atoms with Gasteiger partial charge in [0.1, 0.15) is 11.6 Å². The molecule has 1 heterocycles. The third-order valence-corrected chi connectivity index (χ3v) is 4.98. The number of aryl methyl sites for hydroxylation is 1.